The van der Waals surface area contributed by atoms with Gasteiger partial charge in [0.2, 0.25) is 0 Å². The van der Waals surface area contributed by atoms with Gasteiger partial charge in [0.25, 0.3) is 5.78 Å². The van der Waals surface area contributed by atoms with E-state index >= 15 is 0 Å². The molecule has 0 saturated heterocycles. The monoisotopic (exact) mass is 294 g/mol. The van der Waals surface area contributed by atoms with Crippen LogP contribution >= 0.6 is 0 Å². The number of ether oxygens (including phenoxy) is 1. The Morgan fingerprint density at radius 1 is 1.10 bits per heavy atom. The number of ketones is 1. The minimum atomic E-state index is -4.88. The number of carbonyl (C=O) groups is 1. The third-order valence-electron chi connectivity index (χ3n) is 2.88. The predicted octanol–water partition coefficient (Wildman–Crippen LogP) is 4.32. The Morgan fingerprint density at radius 3 is 2.38 bits per heavy atom. The molecule has 0 heterocycles. The fourth-order valence-corrected chi connectivity index (χ4v) is 1.74. The maximum Gasteiger partial charge on any atom is 0.454 e. The molecule has 0 atom stereocenters. The second-order valence-electron chi connectivity index (χ2n) is 4.63. The molecule has 0 bridgehead atoms. The molecule has 0 amide bonds. The highest BCUT2D eigenvalue weighted by atomic mass is 19.4. The summed E-state index contributed by atoms with van der Waals surface area (Å²) >= 11 is 0. The Kier molecular flexibility index (Phi) is 4.31. The zero-order valence-corrected chi connectivity index (χ0v) is 11.3. The van der Waals surface area contributed by atoms with Crippen LogP contribution in [0.4, 0.5) is 13.2 Å². The molecule has 0 radical (unpaired) electrons. The molecule has 5 heteroatoms. The van der Waals surface area contributed by atoms with E-state index in [1.54, 1.807) is 0 Å². The van der Waals surface area contributed by atoms with Crippen molar-refractivity contribution in [3.05, 3.63) is 65.2 Å². The van der Waals surface area contributed by atoms with Gasteiger partial charge in [0, 0.05) is 5.56 Å². The van der Waals surface area contributed by atoms with E-state index in [0.717, 1.165) is 23.3 Å². The molecule has 0 aliphatic rings. The van der Waals surface area contributed by atoms with Crippen LogP contribution in [0.3, 0.4) is 0 Å². The zero-order valence-electron chi connectivity index (χ0n) is 11.3. The van der Waals surface area contributed by atoms with Crippen molar-refractivity contribution in [3.8, 4) is 5.75 Å². The summed E-state index contributed by atoms with van der Waals surface area (Å²) < 4.78 is 42.5. The smallest absolute Gasteiger partial charge is 0.454 e. The van der Waals surface area contributed by atoms with Crippen LogP contribution in [0.2, 0.25) is 0 Å². The van der Waals surface area contributed by atoms with Gasteiger partial charge in [-0.1, -0.05) is 42.0 Å². The van der Waals surface area contributed by atoms with Crippen LogP contribution in [0.25, 0.3) is 0 Å². The Hall–Kier alpha value is -2.30. The summed E-state index contributed by atoms with van der Waals surface area (Å²) in [4.78, 5) is 11.1. The number of halogens is 3. The van der Waals surface area contributed by atoms with Crippen LogP contribution in [-0.2, 0) is 6.61 Å². The summed E-state index contributed by atoms with van der Waals surface area (Å²) in [5.41, 5.74) is 1.58. The first kappa shape index (κ1) is 15.1. The number of benzene rings is 2. The molecule has 2 aromatic carbocycles. The van der Waals surface area contributed by atoms with E-state index in [-0.39, 0.29) is 12.4 Å². The lowest BCUT2D eigenvalue weighted by atomic mass is 10.1. The predicted molar refractivity (Wildman–Crippen MR) is 72.3 cm³/mol. The third-order valence-corrected chi connectivity index (χ3v) is 2.88. The van der Waals surface area contributed by atoms with E-state index in [0.29, 0.717) is 0 Å². The highest BCUT2D eigenvalue weighted by Gasteiger charge is 2.39. The number of hydrogen-bond donors (Lipinski definition) is 0. The zero-order chi connectivity index (χ0) is 15.5. The molecular weight excluding hydrogens is 281 g/mol. The fourth-order valence-electron chi connectivity index (χ4n) is 1.74. The summed E-state index contributed by atoms with van der Waals surface area (Å²) in [5, 5.41) is 0. The Bertz CT molecular complexity index is 631. The first-order valence-electron chi connectivity index (χ1n) is 6.26. The van der Waals surface area contributed by atoms with Gasteiger partial charge in [-0.15, -0.1) is 0 Å². The molecule has 0 saturated carbocycles. The van der Waals surface area contributed by atoms with E-state index in [1.165, 1.54) is 12.1 Å². The van der Waals surface area contributed by atoms with Crippen molar-refractivity contribution in [1.82, 2.24) is 0 Å². The minimum Gasteiger partial charge on any atom is -0.489 e. The molecule has 0 spiro atoms. The first-order valence-corrected chi connectivity index (χ1v) is 6.26. The van der Waals surface area contributed by atoms with Crippen molar-refractivity contribution in [2.45, 2.75) is 19.7 Å². The lowest BCUT2D eigenvalue weighted by Crippen LogP contribution is -2.22. The summed E-state index contributed by atoms with van der Waals surface area (Å²) in [5.74, 6) is -1.64. The normalized spacial score (nSPS) is 11.2. The Labute approximate surface area is 120 Å². The van der Waals surface area contributed by atoms with Gasteiger partial charge in [0.1, 0.15) is 12.4 Å². The van der Waals surface area contributed by atoms with Crippen LogP contribution in [0, 0.1) is 6.92 Å². The lowest BCUT2D eigenvalue weighted by Gasteiger charge is -2.09. The van der Waals surface area contributed by atoms with Crippen molar-refractivity contribution in [1.29, 1.82) is 0 Å². The second kappa shape index (κ2) is 5.99. The number of Topliss-reactive ketones (excluding diaryl/α,β-unsaturated/α-hetero) is 1. The maximum absolute atomic E-state index is 12.4. The average Bonchev–Trinajstić information content (AvgIpc) is 2.45. The van der Waals surface area contributed by atoms with Crippen LogP contribution in [-0.4, -0.2) is 12.0 Å². The van der Waals surface area contributed by atoms with Crippen LogP contribution in [0.5, 0.6) is 5.75 Å². The standard InChI is InChI=1S/C16H13F3O2/c1-11-5-7-12(8-6-11)10-21-14-4-2-3-13(9-14)15(20)16(17,18)19/h2-9H,10H2,1H3. The molecule has 2 aromatic rings. The Morgan fingerprint density at radius 2 is 1.76 bits per heavy atom. The molecule has 2 rings (SSSR count). The molecule has 0 aromatic heterocycles. The molecule has 21 heavy (non-hydrogen) atoms. The van der Waals surface area contributed by atoms with Gasteiger partial charge in [-0.2, -0.15) is 13.2 Å². The maximum atomic E-state index is 12.4. The van der Waals surface area contributed by atoms with Gasteiger partial charge in [0.15, 0.2) is 0 Å². The van der Waals surface area contributed by atoms with Crippen molar-refractivity contribution >= 4 is 5.78 Å². The number of aryl methyl sites for hydroxylation is 1. The first-order chi connectivity index (χ1) is 9.86. The molecule has 0 aliphatic heterocycles. The van der Waals surface area contributed by atoms with Gasteiger partial charge in [0.05, 0.1) is 0 Å². The summed E-state index contributed by atoms with van der Waals surface area (Å²) in [6.07, 6.45) is -4.88. The average molecular weight is 294 g/mol. The number of hydrogen-bond acceptors (Lipinski definition) is 2. The number of alkyl halides is 3. The quantitative estimate of drug-likeness (QED) is 0.785. The van der Waals surface area contributed by atoms with E-state index in [4.69, 9.17) is 4.74 Å². The Balaban J connectivity index is 2.08. The van der Waals surface area contributed by atoms with Crippen LogP contribution < -0.4 is 4.74 Å². The lowest BCUT2D eigenvalue weighted by molar-refractivity contribution is -0.0885. The van der Waals surface area contributed by atoms with Gasteiger partial charge >= 0.3 is 6.18 Å². The van der Waals surface area contributed by atoms with E-state index in [2.05, 4.69) is 0 Å². The molecular formula is C16H13F3O2. The fraction of sp³-hybridized carbons (Fsp3) is 0.188. The molecule has 2 nitrogen and oxygen atoms in total. The molecule has 0 fully saturated rings. The molecule has 0 N–H and O–H groups in total. The molecule has 0 aliphatic carbocycles. The number of carbonyl (C=O) groups excluding carboxylic acids is 1. The highest BCUT2D eigenvalue weighted by molar-refractivity contribution is 6.00. The van der Waals surface area contributed by atoms with Gasteiger partial charge in [-0.3, -0.25) is 4.79 Å². The third kappa shape index (κ3) is 4.08. The van der Waals surface area contributed by atoms with E-state index in [9.17, 15) is 18.0 Å². The minimum absolute atomic E-state index is 0.226. The van der Waals surface area contributed by atoms with Crippen molar-refractivity contribution in [3.63, 3.8) is 0 Å². The van der Waals surface area contributed by atoms with Crippen LogP contribution in [0.15, 0.2) is 48.5 Å². The topological polar surface area (TPSA) is 26.3 Å². The second-order valence-corrected chi connectivity index (χ2v) is 4.63. The summed E-state index contributed by atoms with van der Waals surface area (Å²) in [7, 11) is 0. The number of rotatable bonds is 4. The van der Waals surface area contributed by atoms with Crippen molar-refractivity contribution in [2.75, 3.05) is 0 Å². The summed E-state index contributed by atoms with van der Waals surface area (Å²) in [6.45, 7) is 2.18. The van der Waals surface area contributed by atoms with Crippen molar-refractivity contribution < 1.29 is 22.7 Å². The highest BCUT2D eigenvalue weighted by Crippen LogP contribution is 2.24. The molecule has 0 unspecified atom stereocenters. The molecule has 110 valence electrons. The van der Waals surface area contributed by atoms with Gasteiger partial charge in [-0.25, -0.2) is 0 Å². The largest absolute Gasteiger partial charge is 0.489 e. The van der Waals surface area contributed by atoms with E-state index < -0.39 is 17.5 Å². The van der Waals surface area contributed by atoms with Gasteiger partial charge < -0.3 is 4.74 Å². The van der Waals surface area contributed by atoms with Crippen molar-refractivity contribution in [2.24, 2.45) is 0 Å². The van der Waals surface area contributed by atoms with Crippen LogP contribution in [0.1, 0.15) is 21.5 Å². The summed E-state index contributed by atoms with van der Waals surface area (Å²) in [6, 6.07) is 12.7. The SMILES string of the molecule is Cc1ccc(COc2cccc(C(=O)C(F)(F)F)c2)cc1. The van der Waals surface area contributed by atoms with Gasteiger partial charge in [-0.05, 0) is 24.6 Å². The van der Waals surface area contributed by atoms with E-state index in [1.807, 2.05) is 31.2 Å².